The quantitative estimate of drug-likeness (QED) is 0.297. The van der Waals surface area contributed by atoms with Gasteiger partial charge in [-0.1, -0.05) is 23.5 Å². The first-order valence-corrected chi connectivity index (χ1v) is 14.6. The summed E-state index contributed by atoms with van der Waals surface area (Å²) in [6, 6.07) is 10.6. The molecule has 2 aromatic carbocycles. The van der Waals surface area contributed by atoms with Gasteiger partial charge < -0.3 is 14.2 Å². The molecule has 0 spiro atoms. The standard InChI is InChI=1S/C28H28Br2N2O5S/c1-6-35-25-20(29)12-17(13-21(25)30)14-22-26(33)32-24(18-8-10-19(11-9-18)37-15(3)4)23(27(34)36-7-2)16(5)31-28(32)38-22/h8-15,24H,6-7H2,1-5H3/b22-14-/t24-/m0/s1. The van der Waals surface area contributed by atoms with E-state index in [0.29, 0.717) is 38.7 Å². The number of rotatable bonds is 8. The second kappa shape index (κ2) is 12.0. The summed E-state index contributed by atoms with van der Waals surface area (Å²) >= 11 is 8.39. The van der Waals surface area contributed by atoms with Crippen molar-refractivity contribution < 1.29 is 19.0 Å². The van der Waals surface area contributed by atoms with Crippen molar-refractivity contribution in [3.63, 3.8) is 0 Å². The van der Waals surface area contributed by atoms with E-state index in [1.165, 1.54) is 11.3 Å². The largest absolute Gasteiger partial charge is 0.492 e. The van der Waals surface area contributed by atoms with E-state index in [1.54, 1.807) is 18.4 Å². The third-order valence-electron chi connectivity index (χ3n) is 5.69. The van der Waals surface area contributed by atoms with Gasteiger partial charge in [0.05, 0.1) is 50.1 Å². The number of aromatic nitrogens is 1. The molecule has 200 valence electrons. The lowest BCUT2D eigenvalue weighted by molar-refractivity contribution is -0.139. The molecule has 1 aliphatic rings. The monoisotopic (exact) mass is 662 g/mol. The van der Waals surface area contributed by atoms with Crippen molar-refractivity contribution in [1.82, 2.24) is 4.57 Å². The number of carbonyl (C=O) groups excluding carboxylic acids is 1. The first kappa shape index (κ1) is 28.3. The fourth-order valence-electron chi connectivity index (χ4n) is 4.20. The van der Waals surface area contributed by atoms with Crippen molar-refractivity contribution in [2.75, 3.05) is 13.2 Å². The van der Waals surface area contributed by atoms with E-state index in [2.05, 4.69) is 36.9 Å². The van der Waals surface area contributed by atoms with Gasteiger partial charge in [0.1, 0.15) is 11.5 Å². The average molecular weight is 664 g/mol. The van der Waals surface area contributed by atoms with Crippen LogP contribution >= 0.6 is 43.2 Å². The maximum atomic E-state index is 13.8. The summed E-state index contributed by atoms with van der Waals surface area (Å²) in [6.07, 6.45) is 1.84. The van der Waals surface area contributed by atoms with Crippen LogP contribution in [0.3, 0.4) is 0 Å². The molecule has 0 aliphatic carbocycles. The molecular formula is C28H28Br2N2O5S. The summed E-state index contributed by atoms with van der Waals surface area (Å²) in [6.45, 7) is 10.1. The molecule has 0 saturated carbocycles. The van der Waals surface area contributed by atoms with Crippen LogP contribution in [0.15, 0.2) is 66.4 Å². The van der Waals surface area contributed by atoms with Gasteiger partial charge in [-0.2, -0.15) is 0 Å². The number of allylic oxidation sites excluding steroid dienone is 1. The second-order valence-corrected chi connectivity index (χ2v) is 11.5. The van der Waals surface area contributed by atoms with Gasteiger partial charge in [0.2, 0.25) is 0 Å². The average Bonchev–Trinajstić information content (AvgIpc) is 3.15. The van der Waals surface area contributed by atoms with Gasteiger partial charge in [-0.15, -0.1) is 0 Å². The molecule has 0 unspecified atom stereocenters. The van der Waals surface area contributed by atoms with Crippen LogP contribution in [0.2, 0.25) is 0 Å². The molecule has 0 fully saturated rings. The SMILES string of the molecule is CCOC(=O)C1=C(C)N=c2s/c(=C\c3cc(Br)c(OCC)c(Br)c3)c(=O)n2[C@H]1c1ccc(OC(C)C)cc1. The maximum absolute atomic E-state index is 13.8. The Bertz CT molecular complexity index is 1550. The molecule has 0 N–H and O–H groups in total. The minimum atomic E-state index is -0.681. The Hall–Kier alpha value is -2.69. The lowest BCUT2D eigenvalue weighted by Crippen LogP contribution is -2.39. The highest BCUT2D eigenvalue weighted by Crippen LogP contribution is 2.35. The van der Waals surface area contributed by atoms with Crippen molar-refractivity contribution in [1.29, 1.82) is 0 Å². The van der Waals surface area contributed by atoms with Gasteiger partial charge in [-0.25, -0.2) is 9.79 Å². The second-order valence-electron chi connectivity index (χ2n) is 8.78. The van der Waals surface area contributed by atoms with E-state index in [-0.39, 0.29) is 18.3 Å². The summed E-state index contributed by atoms with van der Waals surface area (Å²) in [5, 5.41) is 0. The van der Waals surface area contributed by atoms with Crippen molar-refractivity contribution in [2.24, 2.45) is 4.99 Å². The minimum Gasteiger partial charge on any atom is -0.492 e. The van der Waals surface area contributed by atoms with Gasteiger partial charge in [-0.3, -0.25) is 9.36 Å². The van der Waals surface area contributed by atoms with Crippen LogP contribution < -0.4 is 24.4 Å². The number of benzene rings is 2. The van der Waals surface area contributed by atoms with Crippen LogP contribution in [-0.2, 0) is 9.53 Å². The normalized spacial score (nSPS) is 15.4. The zero-order valence-corrected chi connectivity index (χ0v) is 25.7. The fraction of sp³-hybridized carbons (Fsp3) is 0.321. The molecule has 1 aliphatic heterocycles. The summed E-state index contributed by atoms with van der Waals surface area (Å²) in [5.74, 6) is 0.918. The Kier molecular flexibility index (Phi) is 8.95. The Morgan fingerprint density at radius 1 is 1.13 bits per heavy atom. The van der Waals surface area contributed by atoms with Gasteiger partial charge in [0.25, 0.3) is 5.56 Å². The van der Waals surface area contributed by atoms with Crippen LogP contribution in [0.5, 0.6) is 11.5 Å². The fourth-order valence-corrected chi connectivity index (χ4v) is 6.70. The summed E-state index contributed by atoms with van der Waals surface area (Å²) in [7, 11) is 0. The molecule has 10 heteroatoms. The van der Waals surface area contributed by atoms with Gasteiger partial charge in [-0.05, 0) is 108 Å². The minimum absolute atomic E-state index is 0.0263. The van der Waals surface area contributed by atoms with Gasteiger partial charge in [0.15, 0.2) is 4.80 Å². The number of hydrogen-bond donors (Lipinski definition) is 0. The first-order valence-electron chi connectivity index (χ1n) is 12.2. The molecule has 3 aromatic rings. The lowest BCUT2D eigenvalue weighted by Gasteiger charge is -2.25. The zero-order valence-electron chi connectivity index (χ0n) is 21.7. The number of esters is 1. The number of thiazole rings is 1. The Morgan fingerprint density at radius 3 is 2.37 bits per heavy atom. The molecule has 0 saturated heterocycles. The molecule has 4 rings (SSSR count). The highest BCUT2D eigenvalue weighted by Gasteiger charge is 2.33. The number of halogens is 2. The molecule has 38 heavy (non-hydrogen) atoms. The Labute approximate surface area is 241 Å². The van der Waals surface area contributed by atoms with E-state index in [4.69, 9.17) is 14.2 Å². The highest BCUT2D eigenvalue weighted by molar-refractivity contribution is 9.11. The Balaban J connectivity index is 1.88. The van der Waals surface area contributed by atoms with Crippen LogP contribution in [-0.4, -0.2) is 29.9 Å². The zero-order chi connectivity index (χ0) is 27.6. The molecule has 2 heterocycles. The van der Waals surface area contributed by atoms with E-state index in [9.17, 15) is 9.59 Å². The van der Waals surface area contributed by atoms with Gasteiger partial charge >= 0.3 is 5.97 Å². The number of hydrogen-bond acceptors (Lipinski definition) is 7. The molecule has 7 nitrogen and oxygen atoms in total. The number of nitrogens with zero attached hydrogens (tertiary/aromatic N) is 2. The summed E-state index contributed by atoms with van der Waals surface area (Å²) in [5.41, 5.74) is 2.20. The molecule has 1 aromatic heterocycles. The van der Waals surface area contributed by atoms with Crippen molar-refractivity contribution in [3.8, 4) is 11.5 Å². The molecule has 1 atom stereocenters. The van der Waals surface area contributed by atoms with E-state index >= 15 is 0 Å². The third-order valence-corrected chi connectivity index (χ3v) is 7.85. The third kappa shape index (κ3) is 5.82. The predicted octanol–water partition coefficient (Wildman–Crippen LogP) is 5.51. The summed E-state index contributed by atoms with van der Waals surface area (Å²) in [4.78, 5) is 32.1. The number of carbonyl (C=O) groups is 1. The highest BCUT2D eigenvalue weighted by atomic mass is 79.9. The number of fused-ring (bicyclic) bond motifs is 1. The van der Waals surface area contributed by atoms with Crippen molar-refractivity contribution in [2.45, 2.75) is 46.8 Å². The molecule has 0 radical (unpaired) electrons. The number of ether oxygens (including phenoxy) is 3. The van der Waals surface area contributed by atoms with Gasteiger partial charge in [0, 0.05) is 0 Å². The predicted molar refractivity (Wildman–Crippen MR) is 156 cm³/mol. The van der Waals surface area contributed by atoms with Crippen molar-refractivity contribution in [3.05, 3.63) is 87.4 Å². The molecule has 0 bridgehead atoms. The molecule has 0 amide bonds. The first-order chi connectivity index (χ1) is 18.1. The topological polar surface area (TPSA) is 79.1 Å². The van der Waals surface area contributed by atoms with Crippen LogP contribution in [0.1, 0.15) is 51.8 Å². The van der Waals surface area contributed by atoms with E-state index < -0.39 is 12.0 Å². The van der Waals surface area contributed by atoms with Crippen molar-refractivity contribution >= 4 is 55.2 Å². The molecular weight excluding hydrogens is 636 g/mol. The maximum Gasteiger partial charge on any atom is 0.338 e. The summed E-state index contributed by atoms with van der Waals surface area (Å²) < 4.78 is 20.5. The van der Waals surface area contributed by atoms with Crippen LogP contribution in [0, 0.1) is 0 Å². The Morgan fingerprint density at radius 2 is 1.79 bits per heavy atom. The van der Waals surface area contributed by atoms with E-state index in [0.717, 1.165) is 20.1 Å². The van der Waals surface area contributed by atoms with Crippen LogP contribution in [0.4, 0.5) is 0 Å². The smallest absolute Gasteiger partial charge is 0.338 e. The van der Waals surface area contributed by atoms with E-state index in [1.807, 2.05) is 63.2 Å². The van der Waals surface area contributed by atoms with Crippen LogP contribution in [0.25, 0.3) is 6.08 Å². The lowest BCUT2D eigenvalue weighted by atomic mass is 9.96.